The third-order valence-electron chi connectivity index (χ3n) is 3.84. The number of furan rings is 1. The number of amides is 2. The highest BCUT2D eigenvalue weighted by Crippen LogP contribution is 2.20. The van der Waals surface area contributed by atoms with Gasteiger partial charge in [0.15, 0.2) is 0 Å². The maximum atomic E-state index is 12.1. The van der Waals surface area contributed by atoms with Crippen molar-refractivity contribution in [3.63, 3.8) is 0 Å². The van der Waals surface area contributed by atoms with E-state index >= 15 is 0 Å². The van der Waals surface area contributed by atoms with Crippen LogP contribution in [0.4, 0.5) is 5.69 Å². The molecule has 2 amide bonds. The Morgan fingerprint density at radius 2 is 1.70 bits per heavy atom. The van der Waals surface area contributed by atoms with Gasteiger partial charge in [0.05, 0.1) is 12.0 Å². The first-order chi connectivity index (χ1) is 14.4. The van der Waals surface area contributed by atoms with Crippen molar-refractivity contribution in [2.45, 2.75) is 6.92 Å². The second-order valence-electron chi connectivity index (χ2n) is 5.96. The van der Waals surface area contributed by atoms with Gasteiger partial charge in [-0.2, -0.15) is 5.10 Å². The zero-order valence-corrected chi connectivity index (χ0v) is 16.5. The largest absolute Gasteiger partial charge is 0.457 e. The second kappa shape index (κ2) is 9.53. The minimum Gasteiger partial charge on any atom is -0.457 e. The molecule has 0 aliphatic heterocycles. The van der Waals surface area contributed by atoms with E-state index in [1.165, 1.54) is 12.3 Å². The predicted molar refractivity (Wildman–Crippen MR) is 111 cm³/mol. The van der Waals surface area contributed by atoms with Crippen molar-refractivity contribution in [2.75, 3.05) is 5.32 Å². The van der Waals surface area contributed by atoms with Gasteiger partial charge in [-0.15, -0.1) is 0 Å². The lowest BCUT2D eigenvalue weighted by molar-refractivity contribution is -0.136. The lowest BCUT2D eigenvalue weighted by atomic mass is 10.1. The van der Waals surface area contributed by atoms with Crippen LogP contribution in [0.2, 0.25) is 5.02 Å². The van der Waals surface area contributed by atoms with Crippen LogP contribution >= 0.6 is 11.6 Å². The molecular weight excluding hydrogens is 410 g/mol. The summed E-state index contributed by atoms with van der Waals surface area (Å²) in [7, 11) is 0. The number of ether oxygens (including phenoxy) is 1. The summed E-state index contributed by atoms with van der Waals surface area (Å²) >= 11 is 5.78. The summed E-state index contributed by atoms with van der Waals surface area (Å²) in [6.07, 6.45) is 1.36. The Balaban J connectivity index is 1.66. The van der Waals surface area contributed by atoms with Gasteiger partial charge in [-0.1, -0.05) is 23.7 Å². The minimum absolute atomic E-state index is 0.0477. The Morgan fingerprint density at radius 3 is 2.40 bits per heavy atom. The molecule has 3 aromatic rings. The molecule has 8 nitrogen and oxygen atoms in total. The van der Waals surface area contributed by atoms with E-state index in [-0.39, 0.29) is 11.5 Å². The molecule has 0 bridgehead atoms. The van der Waals surface area contributed by atoms with Crippen LogP contribution in [0.1, 0.15) is 23.0 Å². The molecular formula is C21H16ClN3O5. The van der Waals surface area contributed by atoms with Gasteiger partial charge in [0.25, 0.3) is 0 Å². The van der Waals surface area contributed by atoms with Crippen LogP contribution in [-0.2, 0) is 9.59 Å². The first-order valence-corrected chi connectivity index (χ1v) is 9.08. The van der Waals surface area contributed by atoms with Crippen molar-refractivity contribution in [3.05, 3.63) is 83.3 Å². The maximum Gasteiger partial charge on any atom is 0.379 e. The third-order valence-corrected chi connectivity index (χ3v) is 4.09. The van der Waals surface area contributed by atoms with Crippen molar-refractivity contribution >= 4 is 40.8 Å². The van der Waals surface area contributed by atoms with Gasteiger partial charge in [0.1, 0.15) is 5.75 Å². The number of para-hydroxylation sites is 1. The first kappa shape index (κ1) is 20.8. The molecule has 2 aromatic carbocycles. The molecule has 30 heavy (non-hydrogen) atoms. The fourth-order valence-corrected chi connectivity index (χ4v) is 2.49. The topological polar surface area (TPSA) is 110 Å². The van der Waals surface area contributed by atoms with Crippen LogP contribution in [0.25, 0.3) is 0 Å². The number of halogens is 1. The molecule has 0 aliphatic rings. The number of hydrogen-bond acceptors (Lipinski definition) is 6. The average Bonchev–Trinajstić information content (AvgIpc) is 3.29. The summed E-state index contributed by atoms with van der Waals surface area (Å²) in [5, 5.41) is 6.85. The molecule has 152 valence electrons. The van der Waals surface area contributed by atoms with Crippen LogP contribution in [0.3, 0.4) is 0 Å². The SMILES string of the molecule is CC(=NNC(=O)C(=O)Nc1ccc(Cl)cc1)c1ccccc1OC(=O)c1ccco1. The highest BCUT2D eigenvalue weighted by Gasteiger charge is 2.16. The molecule has 1 heterocycles. The quantitative estimate of drug-likeness (QED) is 0.213. The second-order valence-corrected chi connectivity index (χ2v) is 6.40. The van der Waals surface area contributed by atoms with Crippen molar-refractivity contribution < 1.29 is 23.5 Å². The number of benzene rings is 2. The van der Waals surface area contributed by atoms with E-state index in [2.05, 4.69) is 15.8 Å². The molecule has 9 heteroatoms. The number of carbonyl (C=O) groups excluding carboxylic acids is 3. The standard InChI is InChI=1S/C21H16ClN3O5/c1-13(24-25-20(27)19(26)23-15-10-8-14(22)9-11-15)16-5-2-3-6-17(16)30-21(28)18-7-4-12-29-18/h2-12H,1H3,(H,23,26)(H,25,27). The van der Waals surface area contributed by atoms with E-state index in [1.54, 1.807) is 61.5 Å². The van der Waals surface area contributed by atoms with Gasteiger partial charge in [-0.05, 0) is 55.5 Å². The van der Waals surface area contributed by atoms with Crippen molar-refractivity contribution in [1.82, 2.24) is 5.43 Å². The number of carbonyl (C=O) groups is 3. The van der Waals surface area contributed by atoms with E-state index in [0.717, 1.165) is 0 Å². The molecule has 0 fully saturated rings. The number of hydrazone groups is 1. The van der Waals surface area contributed by atoms with E-state index < -0.39 is 17.8 Å². The van der Waals surface area contributed by atoms with Gasteiger partial charge in [-0.3, -0.25) is 9.59 Å². The lowest BCUT2D eigenvalue weighted by Crippen LogP contribution is -2.33. The fraction of sp³-hybridized carbons (Fsp3) is 0.0476. The average molecular weight is 426 g/mol. The fourth-order valence-electron chi connectivity index (χ4n) is 2.37. The van der Waals surface area contributed by atoms with Gasteiger partial charge in [-0.25, -0.2) is 10.2 Å². The highest BCUT2D eigenvalue weighted by atomic mass is 35.5. The van der Waals surface area contributed by atoms with Gasteiger partial charge in [0.2, 0.25) is 5.76 Å². The molecule has 3 rings (SSSR count). The summed E-state index contributed by atoms with van der Waals surface area (Å²) in [5.74, 6) is -2.26. The monoisotopic (exact) mass is 425 g/mol. The van der Waals surface area contributed by atoms with Crippen LogP contribution in [0, 0.1) is 0 Å². The summed E-state index contributed by atoms with van der Waals surface area (Å²) in [5.41, 5.74) is 3.36. The number of esters is 1. The normalized spacial score (nSPS) is 10.9. The Hall–Kier alpha value is -3.91. The van der Waals surface area contributed by atoms with E-state index in [4.69, 9.17) is 20.8 Å². The zero-order valence-electron chi connectivity index (χ0n) is 15.7. The van der Waals surface area contributed by atoms with E-state index in [1.807, 2.05) is 0 Å². The Kier molecular flexibility index (Phi) is 6.61. The highest BCUT2D eigenvalue weighted by molar-refractivity contribution is 6.39. The maximum absolute atomic E-state index is 12.1. The molecule has 0 saturated heterocycles. The number of anilines is 1. The molecule has 0 unspecified atom stereocenters. The molecule has 0 atom stereocenters. The van der Waals surface area contributed by atoms with Crippen LogP contribution in [-0.4, -0.2) is 23.5 Å². The molecule has 0 aliphatic carbocycles. The zero-order chi connectivity index (χ0) is 21.5. The molecule has 1 aromatic heterocycles. The van der Waals surface area contributed by atoms with E-state index in [9.17, 15) is 14.4 Å². The van der Waals surface area contributed by atoms with Crippen molar-refractivity contribution in [3.8, 4) is 5.75 Å². The molecule has 0 radical (unpaired) electrons. The van der Waals surface area contributed by atoms with Crippen LogP contribution in [0.5, 0.6) is 5.75 Å². The van der Waals surface area contributed by atoms with Gasteiger partial charge in [0, 0.05) is 16.3 Å². The first-order valence-electron chi connectivity index (χ1n) is 8.70. The third kappa shape index (κ3) is 5.33. The predicted octanol–water partition coefficient (Wildman–Crippen LogP) is 3.63. The Labute approximate surface area is 176 Å². The van der Waals surface area contributed by atoms with Crippen molar-refractivity contribution in [1.29, 1.82) is 0 Å². The van der Waals surface area contributed by atoms with Gasteiger partial charge < -0.3 is 14.5 Å². The van der Waals surface area contributed by atoms with Crippen molar-refractivity contribution in [2.24, 2.45) is 5.10 Å². The van der Waals surface area contributed by atoms with Crippen LogP contribution < -0.4 is 15.5 Å². The smallest absolute Gasteiger partial charge is 0.379 e. The number of nitrogens with zero attached hydrogens (tertiary/aromatic N) is 1. The summed E-state index contributed by atoms with van der Waals surface area (Å²) in [6, 6.07) is 16.0. The summed E-state index contributed by atoms with van der Waals surface area (Å²) in [6.45, 7) is 1.59. The lowest BCUT2D eigenvalue weighted by Gasteiger charge is -2.09. The van der Waals surface area contributed by atoms with E-state index in [0.29, 0.717) is 22.0 Å². The number of rotatable bonds is 5. The molecule has 0 spiro atoms. The minimum atomic E-state index is -0.964. The summed E-state index contributed by atoms with van der Waals surface area (Å²) < 4.78 is 10.4. The Morgan fingerprint density at radius 1 is 0.967 bits per heavy atom. The van der Waals surface area contributed by atoms with Gasteiger partial charge >= 0.3 is 17.8 Å². The molecule has 2 N–H and O–H groups in total. The van der Waals surface area contributed by atoms with Crippen LogP contribution in [0.15, 0.2) is 76.4 Å². The molecule has 0 saturated carbocycles. The number of nitrogens with one attached hydrogen (secondary N) is 2. The number of hydrogen-bond donors (Lipinski definition) is 2. The Bertz CT molecular complexity index is 1090. The summed E-state index contributed by atoms with van der Waals surface area (Å²) in [4.78, 5) is 36.1.